The monoisotopic (exact) mass is 299 g/mol. The Hall–Kier alpha value is -0.940. The van der Waals surface area contributed by atoms with Crippen LogP contribution in [0.1, 0.15) is 58.3 Å². The molecule has 1 heterocycles. The molecule has 1 aliphatic heterocycles. The number of hydrogen-bond donors (Lipinski definition) is 2. The molecule has 0 bridgehead atoms. The SMILES string of the molecule is CCCCCCCCCC1N=CC[N+]1(CCO)CC(=O)O. The Bertz CT molecular complexity index is 333. The van der Waals surface area contributed by atoms with E-state index in [4.69, 9.17) is 5.11 Å². The Labute approximate surface area is 128 Å². The minimum atomic E-state index is -0.807. The van der Waals surface area contributed by atoms with Gasteiger partial charge in [-0.2, -0.15) is 0 Å². The first kappa shape index (κ1) is 18.1. The molecular weight excluding hydrogens is 268 g/mol. The second-order valence-electron chi connectivity index (χ2n) is 6.12. The van der Waals surface area contributed by atoms with Gasteiger partial charge in [0.25, 0.3) is 0 Å². The first-order valence-electron chi connectivity index (χ1n) is 8.34. The second-order valence-corrected chi connectivity index (χ2v) is 6.12. The van der Waals surface area contributed by atoms with Crippen LogP contribution in [0.4, 0.5) is 0 Å². The van der Waals surface area contributed by atoms with E-state index in [1.54, 1.807) is 0 Å². The molecule has 1 aliphatic rings. The molecule has 2 N–H and O–H groups in total. The predicted molar refractivity (Wildman–Crippen MR) is 84.5 cm³/mol. The van der Waals surface area contributed by atoms with Crippen molar-refractivity contribution in [3.63, 3.8) is 0 Å². The number of quaternary nitrogens is 1. The van der Waals surface area contributed by atoms with Crippen LogP contribution in [-0.2, 0) is 4.79 Å². The summed E-state index contributed by atoms with van der Waals surface area (Å²) in [5.41, 5.74) is 0. The van der Waals surface area contributed by atoms with E-state index in [9.17, 15) is 9.90 Å². The molecule has 0 aromatic rings. The van der Waals surface area contributed by atoms with Crippen molar-refractivity contribution in [1.82, 2.24) is 0 Å². The zero-order chi connectivity index (χ0) is 15.6. The van der Waals surface area contributed by atoms with Gasteiger partial charge in [0.15, 0.2) is 12.7 Å². The van der Waals surface area contributed by atoms with Crippen LogP contribution in [0, 0.1) is 0 Å². The summed E-state index contributed by atoms with van der Waals surface area (Å²) in [6, 6.07) is 0. The van der Waals surface area contributed by atoms with E-state index in [0.29, 0.717) is 17.6 Å². The quantitative estimate of drug-likeness (QED) is 0.429. The number of aliphatic carboxylic acids is 1. The van der Waals surface area contributed by atoms with Crippen LogP contribution in [0.15, 0.2) is 4.99 Å². The van der Waals surface area contributed by atoms with Gasteiger partial charge in [0.05, 0.1) is 12.8 Å². The lowest BCUT2D eigenvalue weighted by Crippen LogP contribution is -2.56. The zero-order valence-electron chi connectivity index (χ0n) is 13.3. The van der Waals surface area contributed by atoms with Crippen LogP contribution in [0.3, 0.4) is 0 Å². The van der Waals surface area contributed by atoms with E-state index in [1.807, 2.05) is 6.21 Å². The molecule has 122 valence electrons. The van der Waals surface area contributed by atoms with Crippen LogP contribution in [0.5, 0.6) is 0 Å². The van der Waals surface area contributed by atoms with Crippen LogP contribution in [0.2, 0.25) is 0 Å². The molecule has 5 nitrogen and oxygen atoms in total. The third-order valence-electron chi connectivity index (χ3n) is 4.42. The standard InChI is InChI=1S/C16H30N2O3/c1-2-3-4-5-6-7-8-9-15-17-10-11-18(15,12-13-19)14-16(20)21/h10,15,19H,2-9,11-14H2,1H3/p+1. The molecule has 5 heteroatoms. The lowest BCUT2D eigenvalue weighted by atomic mass is 10.1. The van der Waals surface area contributed by atoms with Crippen molar-refractivity contribution in [2.75, 3.05) is 26.2 Å². The molecule has 0 aromatic carbocycles. The predicted octanol–water partition coefficient (Wildman–Crippen LogP) is 2.43. The smallest absolute Gasteiger partial charge is 0.359 e. The summed E-state index contributed by atoms with van der Waals surface area (Å²) in [5.74, 6) is -0.807. The van der Waals surface area contributed by atoms with Crippen molar-refractivity contribution in [1.29, 1.82) is 0 Å². The van der Waals surface area contributed by atoms with Gasteiger partial charge >= 0.3 is 5.97 Å². The third-order valence-corrected chi connectivity index (χ3v) is 4.42. The van der Waals surface area contributed by atoms with Crippen molar-refractivity contribution in [2.24, 2.45) is 4.99 Å². The Morgan fingerprint density at radius 3 is 2.52 bits per heavy atom. The molecule has 0 aliphatic carbocycles. The first-order valence-corrected chi connectivity index (χ1v) is 8.34. The van der Waals surface area contributed by atoms with Crippen molar-refractivity contribution >= 4 is 12.2 Å². The van der Waals surface area contributed by atoms with E-state index >= 15 is 0 Å². The number of unbranched alkanes of at least 4 members (excludes halogenated alkanes) is 6. The van der Waals surface area contributed by atoms with Gasteiger partial charge in [-0.05, 0) is 6.42 Å². The summed E-state index contributed by atoms with van der Waals surface area (Å²) >= 11 is 0. The molecular formula is C16H31N2O3+. The molecule has 0 fully saturated rings. The molecule has 21 heavy (non-hydrogen) atoms. The van der Waals surface area contributed by atoms with Gasteiger partial charge in [0.1, 0.15) is 13.1 Å². The van der Waals surface area contributed by atoms with E-state index < -0.39 is 5.97 Å². The summed E-state index contributed by atoms with van der Waals surface area (Å²) < 4.78 is 0.391. The molecule has 0 radical (unpaired) electrons. The zero-order valence-corrected chi connectivity index (χ0v) is 13.3. The molecule has 0 aromatic heterocycles. The molecule has 0 amide bonds. The van der Waals surface area contributed by atoms with E-state index in [2.05, 4.69) is 11.9 Å². The summed E-state index contributed by atoms with van der Waals surface area (Å²) in [6.45, 7) is 3.41. The molecule has 2 unspecified atom stereocenters. The molecule has 0 saturated carbocycles. The average Bonchev–Trinajstić information content (AvgIpc) is 2.80. The highest BCUT2D eigenvalue weighted by Crippen LogP contribution is 2.24. The Morgan fingerprint density at radius 1 is 1.24 bits per heavy atom. The van der Waals surface area contributed by atoms with Crippen LogP contribution < -0.4 is 0 Å². The highest BCUT2D eigenvalue weighted by molar-refractivity contribution is 5.69. The van der Waals surface area contributed by atoms with Gasteiger partial charge < -0.3 is 10.2 Å². The number of aliphatic hydroxyl groups excluding tert-OH is 1. The molecule has 0 spiro atoms. The van der Waals surface area contributed by atoms with Crippen molar-refractivity contribution in [3.8, 4) is 0 Å². The van der Waals surface area contributed by atoms with Gasteiger partial charge in [0.2, 0.25) is 0 Å². The van der Waals surface area contributed by atoms with E-state index in [0.717, 1.165) is 12.8 Å². The number of carbonyl (C=O) groups is 1. The fourth-order valence-electron chi connectivity index (χ4n) is 3.18. The molecule has 0 saturated heterocycles. The number of rotatable bonds is 12. The second kappa shape index (κ2) is 9.90. The van der Waals surface area contributed by atoms with Crippen molar-refractivity contribution in [3.05, 3.63) is 0 Å². The number of aliphatic hydroxyl groups is 1. The summed E-state index contributed by atoms with van der Waals surface area (Å²) in [7, 11) is 0. The van der Waals surface area contributed by atoms with Gasteiger partial charge in [0, 0.05) is 6.42 Å². The Morgan fingerprint density at radius 2 is 1.90 bits per heavy atom. The fourth-order valence-corrected chi connectivity index (χ4v) is 3.18. The number of carboxylic acids is 1. The number of aliphatic imine (C=N–C) groups is 1. The lowest BCUT2D eigenvalue weighted by molar-refractivity contribution is -0.931. The van der Waals surface area contributed by atoms with Crippen molar-refractivity contribution < 1.29 is 19.5 Å². The number of carboxylic acid groups (broad SMARTS) is 1. The molecule has 2 atom stereocenters. The summed E-state index contributed by atoms with van der Waals surface area (Å²) in [5, 5.41) is 18.4. The summed E-state index contributed by atoms with van der Waals surface area (Å²) in [4.78, 5) is 15.6. The van der Waals surface area contributed by atoms with Gasteiger partial charge in [-0.1, -0.05) is 45.4 Å². The fraction of sp³-hybridized carbons (Fsp3) is 0.875. The minimum Gasteiger partial charge on any atom is -0.477 e. The van der Waals surface area contributed by atoms with Crippen LogP contribution in [-0.4, -0.2) is 59.3 Å². The number of nitrogens with zero attached hydrogens (tertiary/aromatic N) is 2. The van der Waals surface area contributed by atoms with Crippen molar-refractivity contribution in [2.45, 2.75) is 64.5 Å². The largest absolute Gasteiger partial charge is 0.477 e. The average molecular weight is 299 g/mol. The van der Waals surface area contributed by atoms with Crippen LogP contribution in [0.25, 0.3) is 0 Å². The maximum absolute atomic E-state index is 11.1. The van der Waals surface area contributed by atoms with Crippen LogP contribution >= 0.6 is 0 Å². The van der Waals surface area contributed by atoms with Gasteiger partial charge in [-0.3, -0.25) is 4.48 Å². The van der Waals surface area contributed by atoms with E-state index in [1.165, 1.54) is 38.5 Å². The Balaban J connectivity index is 2.33. The maximum atomic E-state index is 11.1. The van der Waals surface area contributed by atoms with Gasteiger partial charge in [-0.15, -0.1) is 0 Å². The molecule has 1 rings (SSSR count). The highest BCUT2D eigenvalue weighted by atomic mass is 16.4. The number of hydrogen-bond acceptors (Lipinski definition) is 3. The Kier molecular flexibility index (Phi) is 8.54. The maximum Gasteiger partial charge on any atom is 0.359 e. The highest BCUT2D eigenvalue weighted by Gasteiger charge is 2.40. The normalized spacial score (nSPS) is 24.6. The van der Waals surface area contributed by atoms with Gasteiger partial charge in [-0.25, -0.2) is 9.79 Å². The summed E-state index contributed by atoms with van der Waals surface area (Å²) in [6.07, 6.45) is 11.5. The third kappa shape index (κ3) is 6.14. The van der Waals surface area contributed by atoms with E-state index in [-0.39, 0.29) is 19.3 Å². The lowest BCUT2D eigenvalue weighted by Gasteiger charge is -2.36. The first-order chi connectivity index (χ1) is 10.1. The topological polar surface area (TPSA) is 69.9 Å². The minimum absolute atomic E-state index is 0.0175.